The van der Waals surface area contributed by atoms with Crippen molar-refractivity contribution < 1.29 is 4.39 Å². The van der Waals surface area contributed by atoms with Gasteiger partial charge in [0.15, 0.2) is 0 Å². The van der Waals surface area contributed by atoms with Crippen LogP contribution in [0.25, 0.3) is 0 Å². The van der Waals surface area contributed by atoms with E-state index >= 15 is 0 Å². The molecule has 1 atom stereocenters. The van der Waals surface area contributed by atoms with Crippen LogP contribution in [0.2, 0.25) is 5.02 Å². The van der Waals surface area contributed by atoms with Crippen LogP contribution in [-0.2, 0) is 0 Å². The zero-order valence-electron chi connectivity index (χ0n) is 12.3. The molecule has 0 saturated carbocycles. The minimum atomic E-state index is -0.216. The Morgan fingerprint density at radius 2 is 2.19 bits per heavy atom. The number of aromatic nitrogens is 2. The fourth-order valence-corrected chi connectivity index (χ4v) is 3.44. The molecule has 0 aliphatic heterocycles. The highest BCUT2D eigenvalue weighted by atomic mass is 35.5. The van der Waals surface area contributed by atoms with E-state index < -0.39 is 0 Å². The van der Waals surface area contributed by atoms with Gasteiger partial charge < -0.3 is 5.32 Å². The first kappa shape index (κ1) is 16.3. The van der Waals surface area contributed by atoms with Crippen LogP contribution in [0.5, 0.6) is 0 Å². The highest BCUT2D eigenvalue weighted by Crippen LogP contribution is 2.30. The lowest BCUT2D eigenvalue weighted by atomic mass is 10.2. The third-order valence-electron chi connectivity index (χ3n) is 3.17. The van der Waals surface area contributed by atoms with Gasteiger partial charge in [0.05, 0.1) is 23.0 Å². The summed E-state index contributed by atoms with van der Waals surface area (Å²) in [6.07, 6.45) is 1.67. The van der Waals surface area contributed by atoms with Crippen LogP contribution in [-0.4, -0.2) is 22.6 Å². The average molecular weight is 328 g/mol. The van der Waals surface area contributed by atoms with Crippen molar-refractivity contribution in [3.63, 3.8) is 0 Å². The summed E-state index contributed by atoms with van der Waals surface area (Å²) in [6.45, 7) is 4.14. The van der Waals surface area contributed by atoms with Crippen molar-refractivity contribution in [2.24, 2.45) is 0 Å². The number of rotatable bonds is 6. The number of thioether (sulfide) groups is 1. The van der Waals surface area contributed by atoms with Crippen LogP contribution >= 0.6 is 23.4 Å². The van der Waals surface area contributed by atoms with Crippen LogP contribution in [0.4, 0.5) is 4.39 Å². The summed E-state index contributed by atoms with van der Waals surface area (Å²) in [5, 5.41) is 8.25. The van der Waals surface area contributed by atoms with Gasteiger partial charge in [0.1, 0.15) is 5.82 Å². The Morgan fingerprint density at radius 3 is 2.81 bits per heavy atom. The van der Waals surface area contributed by atoms with E-state index in [0.717, 1.165) is 16.3 Å². The van der Waals surface area contributed by atoms with E-state index in [1.807, 2.05) is 17.8 Å². The van der Waals surface area contributed by atoms with Crippen molar-refractivity contribution in [2.45, 2.75) is 30.8 Å². The molecule has 0 bridgehead atoms. The first-order valence-corrected chi connectivity index (χ1v) is 8.17. The van der Waals surface area contributed by atoms with Crippen LogP contribution in [0, 0.1) is 5.82 Å². The first-order chi connectivity index (χ1) is 10.0. The van der Waals surface area contributed by atoms with Crippen LogP contribution in [0.3, 0.4) is 0 Å². The van der Waals surface area contributed by atoms with E-state index in [4.69, 9.17) is 11.6 Å². The van der Waals surface area contributed by atoms with E-state index in [1.165, 1.54) is 6.07 Å². The summed E-state index contributed by atoms with van der Waals surface area (Å²) in [5.74, 6) is 0.532. The van der Waals surface area contributed by atoms with Gasteiger partial charge in [0.25, 0.3) is 0 Å². The molecule has 0 amide bonds. The molecule has 1 heterocycles. The number of hydrogen-bond acceptors (Lipinski definition) is 3. The Hall–Kier alpha value is -1.04. The highest BCUT2D eigenvalue weighted by molar-refractivity contribution is 7.99. The highest BCUT2D eigenvalue weighted by Gasteiger charge is 2.20. The Morgan fingerprint density at radius 1 is 1.43 bits per heavy atom. The number of hydrogen-bond donors (Lipinski definition) is 1. The zero-order chi connectivity index (χ0) is 15.4. The summed E-state index contributed by atoms with van der Waals surface area (Å²) >= 11 is 7.87. The average Bonchev–Trinajstić information content (AvgIpc) is 2.82. The molecule has 0 fully saturated rings. The molecular weight excluding hydrogens is 309 g/mol. The van der Waals surface area contributed by atoms with Gasteiger partial charge >= 0.3 is 0 Å². The second kappa shape index (κ2) is 7.29. The molecule has 114 valence electrons. The third kappa shape index (κ3) is 3.99. The summed E-state index contributed by atoms with van der Waals surface area (Å²) in [6, 6.07) is 6.90. The Kier molecular flexibility index (Phi) is 5.67. The molecule has 21 heavy (non-hydrogen) atoms. The van der Waals surface area contributed by atoms with Gasteiger partial charge in [-0.25, -0.2) is 4.39 Å². The minimum absolute atomic E-state index is 0.0515. The van der Waals surface area contributed by atoms with Gasteiger partial charge in [-0.15, -0.1) is 11.8 Å². The zero-order valence-corrected chi connectivity index (χ0v) is 13.9. The normalized spacial score (nSPS) is 12.9. The molecule has 1 N–H and O–H groups in total. The van der Waals surface area contributed by atoms with Crippen molar-refractivity contribution in [3.05, 3.63) is 47.0 Å². The lowest BCUT2D eigenvalue weighted by molar-refractivity contribution is 0.477. The van der Waals surface area contributed by atoms with Gasteiger partial charge in [-0.3, -0.25) is 4.68 Å². The maximum Gasteiger partial charge on any atom is 0.124 e. The quantitative estimate of drug-likeness (QED) is 0.802. The van der Waals surface area contributed by atoms with Crippen molar-refractivity contribution in [1.29, 1.82) is 0 Å². The van der Waals surface area contributed by atoms with Gasteiger partial charge in [-0.1, -0.05) is 17.7 Å². The summed E-state index contributed by atoms with van der Waals surface area (Å²) < 4.78 is 15.1. The molecule has 6 heteroatoms. The molecule has 1 unspecified atom stereocenters. The summed E-state index contributed by atoms with van der Waals surface area (Å²) in [4.78, 5) is 0.905. The molecular formula is C15H19ClFN3S. The predicted molar refractivity (Wildman–Crippen MR) is 86.5 cm³/mol. The van der Waals surface area contributed by atoms with E-state index in [0.29, 0.717) is 5.02 Å². The Labute approximate surface area is 133 Å². The van der Waals surface area contributed by atoms with Gasteiger partial charge in [0.2, 0.25) is 0 Å². The maximum absolute atomic E-state index is 13.2. The molecule has 2 rings (SSSR count). The Balaban J connectivity index is 2.15. The summed E-state index contributed by atoms with van der Waals surface area (Å²) in [7, 11) is 1.89. The number of halogens is 2. The monoisotopic (exact) mass is 327 g/mol. The van der Waals surface area contributed by atoms with Gasteiger partial charge in [-0.2, -0.15) is 5.10 Å². The minimum Gasteiger partial charge on any atom is -0.311 e. The third-order valence-corrected chi connectivity index (χ3v) is 4.55. The second-order valence-corrected chi connectivity index (χ2v) is 6.53. The van der Waals surface area contributed by atoms with E-state index in [9.17, 15) is 4.39 Å². The molecule has 1 aromatic heterocycles. The van der Waals surface area contributed by atoms with Gasteiger partial charge in [0, 0.05) is 16.7 Å². The van der Waals surface area contributed by atoms with Crippen LogP contribution in [0.1, 0.15) is 31.6 Å². The van der Waals surface area contributed by atoms with Crippen LogP contribution < -0.4 is 5.32 Å². The van der Waals surface area contributed by atoms with Crippen molar-refractivity contribution in [3.8, 4) is 0 Å². The molecule has 0 radical (unpaired) electrons. The fraction of sp³-hybridized carbons (Fsp3) is 0.400. The molecule has 0 aliphatic carbocycles. The molecule has 0 spiro atoms. The summed E-state index contributed by atoms with van der Waals surface area (Å²) in [5.41, 5.74) is 0.970. The molecule has 1 aromatic carbocycles. The van der Waals surface area contributed by atoms with Crippen molar-refractivity contribution in [1.82, 2.24) is 15.1 Å². The molecule has 3 nitrogen and oxygen atoms in total. The lowest BCUT2D eigenvalue weighted by Gasteiger charge is -2.20. The number of nitrogens with zero attached hydrogens (tertiary/aromatic N) is 2. The molecule has 0 aliphatic rings. The van der Waals surface area contributed by atoms with E-state index in [-0.39, 0.29) is 17.9 Å². The van der Waals surface area contributed by atoms with Crippen LogP contribution in [0.15, 0.2) is 35.4 Å². The SMILES string of the molecule is CNC(CSc1cccc(F)c1)c1c(Cl)cnn1C(C)C. The van der Waals surface area contributed by atoms with E-state index in [1.54, 1.807) is 30.1 Å². The lowest BCUT2D eigenvalue weighted by Crippen LogP contribution is -2.23. The smallest absolute Gasteiger partial charge is 0.124 e. The second-order valence-electron chi connectivity index (χ2n) is 5.03. The predicted octanol–water partition coefficient (Wildman–Crippen LogP) is 4.31. The van der Waals surface area contributed by atoms with Crippen molar-refractivity contribution in [2.75, 3.05) is 12.8 Å². The van der Waals surface area contributed by atoms with Crippen molar-refractivity contribution >= 4 is 23.4 Å². The standard InChI is InChI=1S/C15H19ClFN3S/c1-10(2)20-15(13(16)8-19-20)14(18-3)9-21-12-6-4-5-11(17)7-12/h4-8,10,14,18H,9H2,1-3H3. The van der Waals surface area contributed by atoms with E-state index in [2.05, 4.69) is 24.3 Å². The fourth-order valence-electron chi connectivity index (χ4n) is 2.12. The molecule has 2 aromatic rings. The number of benzene rings is 1. The first-order valence-electron chi connectivity index (χ1n) is 6.81. The van der Waals surface area contributed by atoms with Gasteiger partial charge in [-0.05, 0) is 39.1 Å². The topological polar surface area (TPSA) is 29.9 Å². The Bertz CT molecular complexity index is 600. The maximum atomic E-state index is 13.2. The number of nitrogens with one attached hydrogen (secondary N) is 1. The largest absolute Gasteiger partial charge is 0.311 e. The molecule has 0 saturated heterocycles.